The van der Waals surface area contributed by atoms with Gasteiger partial charge in [0.15, 0.2) is 0 Å². The Morgan fingerprint density at radius 1 is 1.12 bits per heavy atom. The SMILES string of the molecule is Cn1ncc2ccc(Nc3nc(NC(C)(C)C)c4cc[nH]c4n3)cc21. The molecule has 0 saturated heterocycles. The number of hydrogen-bond acceptors (Lipinski definition) is 5. The summed E-state index contributed by atoms with van der Waals surface area (Å²) in [7, 11) is 1.93. The molecule has 0 amide bonds. The number of hydrogen-bond donors (Lipinski definition) is 3. The minimum atomic E-state index is -0.0938. The van der Waals surface area contributed by atoms with Crippen LogP contribution in [-0.2, 0) is 7.05 Å². The molecule has 0 saturated carbocycles. The van der Waals surface area contributed by atoms with Crippen molar-refractivity contribution in [2.75, 3.05) is 10.6 Å². The molecule has 0 aliphatic heterocycles. The molecule has 0 atom stereocenters. The number of benzene rings is 1. The van der Waals surface area contributed by atoms with Crippen LogP contribution < -0.4 is 10.6 Å². The van der Waals surface area contributed by atoms with E-state index >= 15 is 0 Å². The van der Waals surface area contributed by atoms with Crippen LogP contribution in [0.1, 0.15) is 20.8 Å². The average Bonchev–Trinajstić information content (AvgIpc) is 3.13. The zero-order valence-electron chi connectivity index (χ0n) is 14.8. The van der Waals surface area contributed by atoms with Crippen molar-refractivity contribution in [3.63, 3.8) is 0 Å². The van der Waals surface area contributed by atoms with Gasteiger partial charge in [-0.2, -0.15) is 15.1 Å². The van der Waals surface area contributed by atoms with Crippen LogP contribution in [0.2, 0.25) is 0 Å². The molecule has 0 unspecified atom stereocenters. The molecular weight excluding hydrogens is 314 g/mol. The highest BCUT2D eigenvalue weighted by Gasteiger charge is 2.15. The van der Waals surface area contributed by atoms with Crippen LogP contribution in [0.4, 0.5) is 17.5 Å². The topological polar surface area (TPSA) is 83.5 Å². The fraction of sp³-hybridized carbons (Fsp3) is 0.278. The highest BCUT2D eigenvalue weighted by Crippen LogP contribution is 2.26. The molecule has 3 aromatic heterocycles. The van der Waals surface area contributed by atoms with Crippen molar-refractivity contribution in [3.05, 3.63) is 36.7 Å². The number of aromatic nitrogens is 5. The van der Waals surface area contributed by atoms with Crippen molar-refractivity contribution in [1.82, 2.24) is 24.7 Å². The first-order chi connectivity index (χ1) is 11.9. The van der Waals surface area contributed by atoms with Gasteiger partial charge in [-0.3, -0.25) is 4.68 Å². The average molecular weight is 335 g/mol. The second kappa shape index (κ2) is 5.47. The third-order valence-corrected chi connectivity index (χ3v) is 3.91. The van der Waals surface area contributed by atoms with Crippen LogP contribution >= 0.6 is 0 Å². The molecule has 0 radical (unpaired) electrons. The lowest BCUT2D eigenvalue weighted by molar-refractivity contribution is 0.631. The second-order valence-electron chi connectivity index (χ2n) is 7.18. The molecule has 4 rings (SSSR count). The monoisotopic (exact) mass is 335 g/mol. The highest BCUT2D eigenvalue weighted by atomic mass is 15.2. The first-order valence-corrected chi connectivity index (χ1v) is 8.21. The quantitative estimate of drug-likeness (QED) is 0.530. The zero-order valence-corrected chi connectivity index (χ0v) is 14.8. The van der Waals surface area contributed by atoms with Crippen LogP contribution in [-0.4, -0.2) is 30.3 Å². The normalized spacial score (nSPS) is 12.0. The Morgan fingerprint density at radius 2 is 1.96 bits per heavy atom. The molecule has 128 valence electrons. The standard InChI is InChI=1S/C18H21N7/c1-18(2,3)24-16-13-7-8-19-15(13)22-17(23-16)21-12-6-5-11-10-20-25(4)14(11)9-12/h5-10H,1-4H3,(H3,19,21,22,23,24). The Morgan fingerprint density at radius 3 is 2.76 bits per heavy atom. The Hall–Kier alpha value is -3.09. The molecule has 0 fully saturated rings. The van der Waals surface area contributed by atoms with Crippen molar-refractivity contribution < 1.29 is 0 Å². The summed E-state index contributed by atoms with van der Waals surface area (Å²) < 4.78 is 1.85. The van der Waals surface area contributed by atoms with Crippen LogP contribution in [0.25, 0.3) is 21.9 Å². The zero-order chi connectivity index (χ0) is 17.6. The van der Waals surface area contributed by atoms with Gasteiger partial charge >= 0.3 is 0 Å². The Bertz CT molecular complexity index is 1050. The van der Waals surface area contributed by atoms with Gasteiger partial charge in [0.05, 0.1) is 17.1 Å². The maximum Gasteiger partial charge on any atom is 0.231 e. The van der Waals surface area contributed by atoms with Gasteiger partial charge in [0.25, 0.3) is 0 Å². The van der Waals surface area contributed by atoms with E-state index in [1.165, 1.54) is 0 Å². The van der Waals surface area contributed by atoms with Crippen LogP contribution in [0.15, 0.2) is 36.7 Å². The molecule has 7 heteroatoms. The van der Waals surface area contributed by atoms with Crippen LogP contribution in [0, 0.1) is 0 Å². The molecule has 7 nitrogen and oxygen atoms in total. The number of anilines is 3. The number of fused-ring (bicyclic) bond motifs is 2. The Labute approximate surface area is 145 Å². The summed E-state index contributed by atoms with van der Waals surface area (Å²) in [5.74, 6) is 1.35. The second-order valence-corrected chi connectivity index (χ2v) is 7.18. The lowest BCUT2D eigenvalue weighted by Crippen LogP contribution is -2.27. The van der Waals surface area contributed by atoms with E-state index in [-0.39, 0.29) is 5.54 Å². The van der Waals surface area contributed by atoms with E-state index in [1.54, 1.807) is 0 Å². The maximum atomic E-state index is 4.67. The third kappa shape index (κ3) is 3.00. The molecule has 0 bridgehead atoms. The molecule has 0 aliphatic rings. The third-order valence-electron chi connectivity index (χ3n) is 3.91. The summed E-state index contributed by atoms with van der Waals surface area (Å²) in [6.45, 7) is 6.32. The van der Waals surface area contributed by atoms with Crippen molar-refractivity contribution in [3.8, 4) is 0 Å². The smallest absolute Gasteiger partial charge is 0.231 e. The van der Waals surface area contributed by atoms with E-state index in [0.717, 1.165) is 33.4 Å². The lowest BCUT2D eigenvalue weighted by Gasteiger charge is -2.22. The number of nitrogens with zero attached hydrogens (tertiary/aromatic N) is 4. The van der Waals surface area contributed by atoms with E-state index in [1.807, 2.05) is 48.4 Å². The van der Waals surface area contributed by atoms with Gasteiger partial charge in [0.2, 0.25) is 5.95 Å². The van der Waals surface area contributed by atoms with Gasteiger partial charge in [-0.1, -0.05) is 0 Å². The van der Waals surface area contributed by atoms with E-state index in [2.05, 4.69) is 51.5 Å². The minimum Gasteiger partial charge on any atom is -0.365 e. The number of aromatic amines is 1. The number of nitrogens with one attached hydrogen (secondary N) is 3. The van der Waals surface area contributed by atoms with Crippen molar-refractivity contribution in [2.24, 2.45) is 7.05 Å². The van der Waals surface area contributed by atoms with Gasteiger partial charge < -0.3 is 15.6 Å². The number of rotatable bonds is 3. The Balaban J connectivity index is 1.73. The predicted octanol–water partition coefficient (Wildman–Crippen LogP) is 3.80. The molecule has 25 heavy (non-hydrogen) atoms. The van der Waals surface area contributed by atoms with Crippen LogP contribution in [0.5, 0.6) is 0 Å². The van der Waals surface area contributed by atoms with E-state index < -0.39 is 0 Å². The van der Waals surface area contributed by atoms with Gasteiger partial charge in [0, 0.05) is 29.9 Å². The molecule has 0 spiro atoms. The molecular formula is C18H21N7. The first-order valence-electron chi connectivity index (χ1n) is 8.21. The largest absolute Gasteiger partial charge is 0.365 e. The van der Waals surface area contributed by atoms with Gasteiger partial charge in [0.1, 0.15) is 11.5 Å². The van der Waals surface area contributed by atoms with Crippen LogP contribution in [0.3, 0.4) is 0 Å². The lowest BCUT2D eigenvalue weighted by atomic mass is 10.1. The van der Waals surface area contributed by atoms with E-state index in [9.17, 15) is 0 Å². The fourth-order valence-corrected chi connectivity index (χ4v) is 2.80. The number of aryl methyl sites for hydroxylation is 1. The highest BCUT2D eigenvalue weighted by molar-refractivity contribution is 5.89. The molecule has 1 aromatic carbocycles. The van der Waals surface area contributed by atoms with Crippen molar-refractivity contribution >= 4 is 39.4 Å². The van der Waals surface area contributed by atoms with Gasteiger partial charge in [-0.15, -0.1) is 0 Å². The fourth-order valence-electron chi connectivity index (χ4n) is 2.80. The van der Waals surface area contributed by atoms with Crippen molar-refractivity contribution in [1.29, 1.82) is 0 Å². The van der Waals surface area contributed by atoms with Gasteiger partial charge in [-0.05, 0) is 45.0 Å². The summed E-state index contributed by atoms with van der Waals surface area (Å²) in [5.41, 5.74) is 2.68. The minimum absolute atomic E-state index is 0.0938. The van der Waals surface area contributed by atoms with E-state index in [0.29, 0.717) is 5.95 Å². The maximum absolute atomic E-state index is 4.67. The van der Waals surface area contributed by atoms with Crippen molar-refractivity contribution in [2.45, 2.75) is 26.3 Å². The summed E-state index contributed by atoms with van der Waals surface area (Å²) in [4.78, 5) is 12.4. The first kappa shape index (κ1) is 15.4. The summed E-state index contributed by atoms with van der Waals surface area (Å²) >= 11 is 0. The summed E-state index contributed by atoms with van der Waals surface area (Å²) in [6.07, 6.45) is 3.73. The molecule has 0 aliphatic carbocycles. The van der Waals surface area contributed by atoms with E-state index in [4.69, 9.17) is 0 Å². The van der Waals surface area contributed by atoms with Gasteiger partial charge in [-0.25, -0.2) is 0 Å². The molecule has 3 N–H and O–H groups in total. The predicted molar refractivity (Wildman–Crippen MR) is 101 cm³/mol. The summed E-state index contributed by atoms with van der Waals surface area (Å²) in [5, 5.41) is 13.1. The molecule has 4 aromatic rings. The Kier molecular flexibility index (Phi) is 3.38. The number of H-pyrrole nitrogens is 1. The summed E-state index contributed by atoms with van der Waals surface area (Å²) in [6, 6.07) is 8.06. The molecule has 3 heterocycles.